The van der Waals surface area contributed by atoms with E-state index in [1.807, 2.05) is 6.92 Å². The van der Waals surface area contributed by atoms with Crippen LogP contribution in [0.5, 0.6) is 0 Å². The third kappa shape index (κ3) is 4.28. The molecule has 0 fully saturated rings. The summed E-state index contributed by atoms with van der Waals surface area (Å²) >= 11 is 0. The second-order valence-electron chi connectivity index (χ2n) is 5.17. The minimum absolute atomic E-state index is 0.145. The first-order valence-electron chi connectivity index (χ1n) is 5.95. The van der Waals surface area contributed by atoms with Gasteiger partial charge in [0.25, 0.3) is 0 Å². The van der Waals surface area contributed by atoms with Gasteiger partial charge in [-0.3, -0.25) is 0 Å². The van der Waals surface area contributed by atoms with Crippen LogP contribution in [0.3, 0.4) is 0 Å². The summed E-state index contributed by atoms with van der Waals surface area (Å²) in [6, 6.07) is 4.70. The summed E-state index contributed by atoms with van der Waals surface area (Å²) in [5, 5.41) is 9.19. The molecule has 0 spiro atoms. The lowest BCUT2D eigenvalue weighted by Gasteiger charge is -2.25. The van der Waals surface area contributed by atoms with Crippen molar-refractivity contribution in [1.82, 2.24) is 4.72 Å². The van der Waals surface area contributed by atoms with Crippen LogP contribution >= 0.6 is 0 Å². The molecule has 0 heterocycles. The molecule has 0 aliphatic carbocycles. The predicted octanol–water partition coefficient (Wildman–Crippen LogP) is 1.19. The number of methoxy groups -OCH3 is 1. The van der Waals surface area contributed by atoms with Gasteiger partial charge < -0.3 is 9.84 Å². The van der Waals surface area contributed by atoms with Gasteiger partial charge in [-0.05, 0) is 44.0 Å². The Morgan fingerprint density at radius 2 is 2.00 bits per heavy atom. The molecular weight excluding hydrogens is 266 g/mol. The highest BCUT2D eigenvalue weighted by Crippen LogP contribution is 2.17. The zero-order valence-corrected chi connectivity index (χ0v) is 12.5. The van der Waals surface area contributed by atoms with E-state index in [9.17, 15) is 13.5 Å². The highest BCUT2D eigenvalue weighted by molar-refractivity contribution is 7.89. The Hall–Kier alpha value is -0.950. The molecule has 0 aliphatic heterocycles. The molecule has 0 radical (unpaired) electrons. The Labute approximate surface area is 114 Å². The van der Waals surface area contributed by atoms with Crippen LogP contribution in [0.15, 0.2) is 23.1 Å². The van der Waals surface area contributed by atoms with E-state index < -0.39 is 15.6 Å². The maximum absolute atomic E-state index is 12.3. The van der Waals surface area contributed by atoms with E-state index in [2.05, 4.69) is 4.72 Å². The van der Waals surface area contributed by atoms with Gasteiger partial charge in [0, 0.05) is 7.11 Å². The van der Waals surface area contributed by atoms with Crippen LogP contribution in [0.25, 0.3) is 0 Å². The van der Waals surface area contributed by atoms with Crippen molar-refractivity contribution in [3.8, 4) is 0 Å². The fraction of sp³-hybridized carbons (Fsp3) is 0.538. The molecule has 1 aromatic carbocycles. The molecule has 0 atom stereocenters. The molecule has 6 heteroatoms. The summed E-state index contributed by atoms with van der Waals surface area (Å²) in [5.74, 6) is 0. The van der Waals surface area contributed by atoms with E-state index >= 15 is 0 Å². The number of aryl methyl sites for hydroxylation is 1. The quantitative estimate of drug-likeness (QED) is 0.824. The third-order valence-corrected chi connectivity index (χ3v) is 4.41. The minimum Gasteiger partial charge on any atom is -0.392 e. The van der Waals surface area contributed by atoms with Crippen LogP contribution in [-0.4, -0.2) is 32.8 Å². The van der Waals surface area contributed by atoms with Gasteiger partial charge in [0.05, 0.1) is 23.6 Å². The van der Waals surface area contributed by atoms with Gasteiger partial charge in [0.15, 0.2) is 0 Å². The van der Waals surface area contributed by atoms with Crippen LogP contribution in [-0.2, 0) is 21.4 Å². The van der Waals surface area contributed by atoms with Gasteiger partial charge in [-0.2, -0.15) is 0 Å². The fourth-order valence-corrected chi connectivity index (χ4v) is 3.25. The van der Waals surface area contributed by atoms with Crippen molar-refractivity contribution in [2.45, 2.75) is 37.8 Å². The molecule has 2 N–H and O–H groups in total. The minimum atomic E-state index is -3.63. The normalized spacial score (nSPS) is 12.7. The number of aliphatic hydroxyl groups excluding tert-OH is 1. The zero-order valence-electron chi connectivity index (χ0n) is 11.7. The second kappa shape index (κ2) is 6.00. The molecule has 0 aliphatic rings. The van der Waals surface area contributed by atoms with Gasteiger partial charge >= 0.3 is 0 Å². The smallest absolute Gasteiger partial charge is 0.241 e. The van der Waals surface area contributed by atoms with E-state index in [0.717, 1.165) is 5.56 Å². The monoisotopic (exact) mass is 287 g/mol. The van der Waals surface area contributed by atoms with Gasteiger partial charge in [-0.15, -0.1) is 0 Å². The number of hydrogen-bond donors (Lipinski definition) is 2. The molecule has 19 heavy (non-hydrogen) atoms. The number of nitrogens with one attached hydrogen (secondary N) is 1. The number of rotatable bonds is 6. The van der Waals surface area contributed by atoms with Crippen molar-refractivity contribution in [3.05, 3.63) is 29.3 Å². The number of sulfonamides is 1. The Morgan fingerprint density at radius 1 is 1.37 bits per heavy atom. The summed E-state index contributed by atoms with van der Waals surface area (Å²) in [5.41, 5.74) is 0.766. The summed E-state index contributed by atoms with van der Waals surface area (Å²) in [6.07, 6.45) is 0. The Kier molecular flexibility index (Phi) is 5.09. The third-order valence-electron chi connectivity index (χ3n) is 2.72. The maximum Gasteiger partial charge on any atom is 0.241 e. The van der Waals surface area contributed by atoms with Crippen LogP contribution in [0.1, 0.15) is 25.0 Å². The zero-order chi connectivity index (χ0) is 14.7. The summed E-state index contributed by atoms with van der Waals surface area (Å²) in [4.78, 5) is 0.145. The van der Waals surface area contributed by atoms with Crippen LogP contribution in [0, 0.1) is 6.92 Å². The molecule has 5 nitrogen and oxygen atoms in total. The molecule has 0 bridgehead atoms. The highest BCUT2D eigenvalue weighted by Gasteiger charge is 2.26. The average Bonchev–Trinajstić information content (AvgIpc) is 2.27. The molecular formula is C13H21NO4S. The highest BCUT2D eigenvalue weighted by atomic mass is 32.2. The fourth-order valence-electron chi connectivity index (χ4n) is 1.80. The largest absolute Gasteiger partial charge is 0.392 e. The summed E-state index contributed by atoms with van der Waals surface area (Å²) in [6.45, 7) is 5.40. The van der Waals surface area contributed by atoms with Crippen LogP contribution in [0.4, 0.5) is 0 Å². The lowest BCUT2D eigenvalue weighted by molar-refractivity contribution is 0.141. The maximum atomic E-state index is 12.3. The predicted molar refractivity (Wildman–Crippen MR) is 73.4 cm³/mol. The standard InChI is InChI=1S/C13H21NO4S/c1-10-5-6-12(7-11(10)8-15)19(16,17)14-13(2,3)9-18-4/h5-7,14-15H,8-9H2,1-4H3. The Morgan fingerprint density at radius 3 is 2.53 bits per heavy atom. The first-order chi connectivity index (χ1) is 8.72. The number of ether oxygens (including phenoxy) is 1. The molecule has 0 unspecified atom stereocenters. The SMILES string of the molecule is COCC(C)(C)NS(=O)(=O)c1ccc(C)c(CO)c1. The Bertz CT molecular complexity index is 538. The summed E-state index contributed by atoms with van der Waals surface area (Å²) in [7, 11) is -2.11. The molecule has 0 aromatic heterocycles. The molecule has 0 amide bonds. The van der Waals surface area contributed by atoms with E-state index in [1.54, 1.807) is 19.9 Å². The van der Waals surface area contributed by atoms with Crippen molar-refractivity contribution < 1.29 is 18.3 Å². The average molecular weight is 287 g/mol. The first-order valence-corrected chi connectivity index (χ1v) is 7.43. The van der Waals surface area contributed by atoms with Crippen LogP contribution in [0.2, 0.25) is 0 Å². The van der Waals surface area contributed by atoms with Gasteiger partial charge in [-0.1, -0.05) is 6.07 Å². The van der Waals surface area contributed by atoms with E-state index in [0.29, 0.717) is 5.56 Å². The number of hydrogen-bond acceptors (Lipinski definition) is 4. The van der Waals surface area contributed by atoms with Gasteiger partial charge in [0.1, 0.15) is 0 Å². The molecule has 0 saturated heterocycles. The number of benzene rings is 1. The lowest BCUT2D eigenvalue weighted by Crippen LogP contribution is -2.46. The second-order valence-corrected chi connectivity index (χ2v) is 6.85. The van der Waals surface area contributed by atoms with Gasteiger partial charge in [0.2, 0.25) is 10.0 Å². The van der Waals surface area contributed by atoms with Crippen molar-refractivity contribution in [2.24, 2.45) is 0 Å². The van der Waals surface area contributed by atoms with E-state index in [4.69, 9.17) is 4.74 Å². The molecule has 108 valence electrons. The Balaban J connectivity index is 3.07. The van der Waals surface area contributed by atoms with Gasteiger partial charge in [-0.25, -0.2) is 13.1 Å². The van der Waals surface area contributed by atoms with Crippen LogP contribution < -0.4 is 4.72 Å². The van der Waals surface area contributed by atoms with E-state index in [1.165, 1.54) is 19.2 Å². The lowest BCUT2D eigenvalue weighted by atomic mass is 10.1. The number of aliphatic hydroxyl groups is 1. The molecule has 1 rings (SSSR count). The molecule has 0 saturated carbocycles. The van der Waals surface area contributed by atoms with Crippen molar-refractivity contribution in [2.75, 3.05) is 13.7 Å². The van der Waals surface area contributed by atoms with Crippen molar-refractivity contribution in [3.63, 3.8) is 0 Å². The first kappa shape index (κ1) is 16.1. The molecule has 1 aromatic rings. The van der Waals surface area contributed by atoms with Crippen molar-refractivity contribution >= 4 is 10.0 Å². The van der Waals surface area contributed by atoms with E-state index in [-0.39, 0.29) is 18.1 Å². The van der Waals surface area contributed by atoms with Crippen molar-refractivity contribution in [1.29, 1.82) is 0 Å². The summed E-state index contributed by atoms with van der Waals surface area (Å²) < 4.78 is 32.1. The topological polar surface area (TPSA) is 75.6 Å².